The Labute approximate surface area is 103 Å². The first kappa shape index (κ1) is 15.9. The van der Waals surface area contributed by atoms with Gasteiger partial charge in [-0.25, -0.2) is 0 Å². The molecule has 0 aliphatic carbocycles. The maximum Gasteiger partial charge on any atom is 0.00103 e. The molecular weight excluding hydrogens is 196 g/mol. The highest BCUT2D eigenvalue weighted by Crippen LogP contribution is 1.98. The van der Waals surface area contributed by atoms with Gasteiger partial charge in [0.1, 0.15) is 0 Å². The minimum Gasteiger partial charge on any atom is -0.317 e. The molecule has 97 valence electrons. The minimum atomic E-state index is 0.634. The molecule has 1 radical (unpaired) electrons. The highest BCUT2D eigenvalue weighted by Gasteiger charge is 1.93. The molecule has 0 aliphatic heterocycles. The maximum atomic E-state index is 3.84. The second-order valence-corrected chi connectivity index (χ2v) is 4.83. The van der Waals surface area contributed by atoms with E-state index in [4.69, 9.17) is 0 Å². The first-order valence-electron chi connectivity index (χ1n) is 7.00. The zero-order valence-electron chi connectivity index (χ0n) is 11.4. The molecule has 0 aromatic rings. The van der Waals surface area contributed by atoms with Crippen LogP contribution in [0.3, 0.4) is 0 Å². The van der Waals surface area contributed by atoms with Crippen molar-refractivity contribution in [1.82, 2.24) is 10.6 Å². The third kappa shape index (κ3) is 13.9. The summed E-state index contributed by atoms with van der Waals surface area (Å²) in [4.78, 5) is 0. The quantitative estimate of drug-likeness (QED) is 0.501. The van der Waals surface area contributed by atoms with Crippen LogP contribution in [0.2, 0.25) is 0 Å². The van der Waals surface area contributed by atoms with E-state index in [0.29, 0.717) is 6.04 Å². The summed E-state index contributed by atoms with van der Waals surface area (Å²) in [6.07, 6.45) is 8.98. The van der Waals surface area contributed by atoms with Crippen molar-refractivity contribution >= 4 is 0 Å². The second kappa shape index (κ2) is 13.0. The molecule has 2 heteroatoms. The van der Waals surface area contributed by atoms with Crippen molar-refractivity contribution in [3.05, 3.63) is 6.92 Å². The van der Waals surface area contributed by atoms with Crippen molar-refractivity contribution < 1.29 is 0 Å². The van der Waals surface area contributed by atoms with Gasteiger partial charge in [0.05, 0.1) is 0 Å². The van der Waals surface area contributed by atoms with Crippen LogP contribution in [0.1, 0.15) is 58.8 Å². The average Bonchev–Trinajstić information content (AvgIpc) is 2.25. The summed E-state index contributed by atoms with van der Waals surface area (Å²) >= 11 is 0. The fraction of sp³-hybridized carbons (Fsp3) is 0.929. The van der Waals surface area contributed by atoms with E-state index in [2.05, 4.69) is 31.4 Å². The van der Waals surface area contributed by atoms with Crippen molar-refractivity contribution in [1.29, 1.82) is 0 Å². The summed E-state index contributed by atoms with van der Waals surface area (Å²) in [6, 6.07) is 0.634. The van der Waals surface area contributed by atoms with E-state index >= 15 is 0 Å². The normalized spacial score (nSPS) is 11.2. The fourth-order valence-corrected chi connectivity index (χ4v) is 1.67. The zero-order chi connectivity index (χ0) is 12.1. The van der Waals surface area contributed by atoms with Gasteiger partial charge in [0.15, 0.2) is 0 Å². The Morgan fingerprint density at radius 2 is 1.38 bits per heavy atom. The number of nitrogens with one attached hydrogen (secondary N) is 2. The zero-order valence-corrected chi connectivity index (χ0v) is 11.4. The van der Waals surface area contributed by atoms with Crippen molar-refractivity contribution in [3.8, 4) is 0 Å². The summed E-state index contributed by atoms with van der Waals surface area (Å²) in [5.74, 6) is 0. The monoisotopic (exact) mass is 227 g/mol. The second-order valence-electron chi connectivity index (χ2n) is 4.83. The van der Waals surface area contributed by atoms with E-state index in [1.165, 1.54) is 58.2 Å². The van der Waals surface area contributed by atoms with Crippen LogP contribution in [0.4, 0.5) is 0 Å². The van der Waals surface area contributed by atoms with E-state index in [0.717, 1.165) is 6.42 Å². The summed E-state index contributed by atoms with van der Waals surface area (Å²) in [6.45, 7) is 11.8. The Hall–Kier alpha value is -0.0800. The molecule has 0 saturated heterocycles. The first-order chi connectivity index (χ1) is 7.77. The number of hydrogen-bond acceptors (Lipinski definition) is 2. The fourth-order valence-electron chi connectivity index (χ4n) is 1.67. The van der Waals surface area contributed by atoms with Gasteiger partial charge in [0.2, 0.25) is 0 Å². The maximum absolute atomic E-state index is 3.84. The molecule has 0 amide bonds. The SMILES string of the molecule is [CH2]CCCCNCCCCCCNC(C)C. The van der Waals surface area contributed by atoms with Crippen molar-refractivity contribution in [2.45, 2.75) is 64.8 Å². The summed E-state index contributed by atoms with van der Waals surface area (Å²) in [5, 5.41) is 6.94. The van der Waals surface area contributed by atoms with Gasteiger partial charge in [0, 0.05) is 6.04 Å². The molecule has 0 aromatic carbocycles. The molecule has 0 saturated carbocycles. The molecule has 2 nitrogen and oxygen atoms in total. The highest BCUT2D eigenvalue weighted by molar-refractivity contribution is 4.54. The molecule has 0 heterocycles. The molecule has 0 fully saturated rings. The molecule has 2 N–H and O–H groups in total. The molecular formula is C14H31N2. The van der Waals surface area contributed by atoms with Gasteiger partial charge in [-0.15, -0.1) is 0 Å². The van der Waals surface area contributed by atoms with Gasteiger partial charge in [-0.2, -0.15) is 0 Å². The lowest BCUT2D eigenvalue weighted by Crippen LogP contribution is -2.23. The van der Waals surface area contributed by atoms with Gasteiger partial charge in [0.25, 0.3) is 0 Å². The molecule has 0 spiro atoms. The smallest absolute Gasteiger partial charge is 0.00103 e. The summed E-state index contributed by atoms with van der Waals surface area (Å²) in [5.41, 5.74) is 0. The molecule has 0 aromatic heterocycles. The molecule has 0 atom stereocenters. The van der Waals surface area contributed by atoms with E-state index in [9.17, 15) is 0 Å². The first-order valence-corrected chi connectivity index (χ1v) is 7.00. The predicted octanol–water partition coefficient (Wildman–Crippen LogP) is 3.14. The minimum absolute atomic E-state index is 0.634. The van der Waals surface area contributed by atoms with Crippen LogP contribution in [-0.2, 0) is 0 Å². The molecule has 16 heavy (non-hydrogen) atoms. The van der Waals surface area contributed by atoms with Crippen LogP contribution in [0.25, 0.3) is 0 Å². The van der Waals surface area contributed by atoms with Gasteiger partial charge < -0.3 is 10.6 Å². The Bertz CT molecular complexity index is 124. The Kier molecular flexibility index (Phi) is 12.9. The van der Waals surface area contributed by atoms with E-state index in [1.807, 2.05) is 0 Å². The van der Waals surface area contributed by atoms with Gasteiger partial charge in [-0.05, 0) is 38.9 Å². The van der Waals surface area contributed by atoms with E-state index in [1.54, 1.807) is 0 Å². The van der Waals surface area contributed by atoms with Crippen LogP contribution in [0.5, 0.6) is 0 Å². The highest BCUT2D eigenvalue weighted by atomic mass is 14.9. The molecule has 0 unspecified atom stereocenters. The Balaban J connectivity index is 2.88. The van der Waals surface area contributed by atoms with Crippen LogP contribution in [0, 0.1) is 6.92 Å². The van der Waals surface area contributed by atoms with Crippen LogP contribution < -0.4 is 10.6 Å². The number of hydrogen-bond donors (Lipinski definition) is 2. The average molecular weight is 227 g/mol. The van der Waals surface area contributed by atoms with Crippen LogP contribution >= 0.6 is 0 Å². The molecule has 0 aliphatic rings. The largest absolute Gasteiger partial charge is 0.317 e. The van der Waals surface area contributed by atoms with Gasteiger partial charge in [-0.1, -0.05) is 46.5 Å². The van der Waals surface area contributed by atoms with E-state index < -0.39 is 0 Å². The van der Waals surface area contributed by atoms with Crippen LogP contribution in [0.15, 0.2) is 0 Å². The molecule has 0 rings (SSSR count). The summed E-state index contributed by atoms with van der Waals surface area (Å²) in [7, 11) is 0. The van der Waals surface area contributed by atoms with Crippen LogP contribution in [-0.4, -0.2) is 25.7 Å². The van der Waals surface area contributed by atoms with Crippen molar-refractivity contribution in [2.24, 2.45) is 0 Å². The van der Waals surface area contributed by atoms with E-state index in [-0.39, 0.29) is 0 Å². The standard InChI is InChI=1S/C14H31N2/c1-4-5-8-11-15-12-9-6-7-10-13-16-14(2)3/h14-16H,1,4-13H2,2-3H3. The third-order valence-electron chi connectivity index (χ3n) is 2.69. The Morgan fingerprint density at radius 1 is 0.812 bits per heavy atom. The predicted molar refractivity (Wildman–Crippen MR) is 73.7 cm³/mol. The Morgan fingerprint density at radius 3 is 1.94 bits per heavy atom. The number of unbranched alkanes of at least 4 members (excludes halogenated alkanes) is 5. The number of rotatable bonds is 12. The lowest BCUT2D eigenvalue weighted by Gasteiger charge is -2.07. The van der Waals surface area contributed by atoms with Crippen molar-refractivity contribution in [3.63, 3.8) is 0 Å². The molecule has 0 bridgehead atoms. The third-order valence-corrected chi connectivity index (χ3v) is 2.69. The summed E-state index contributed by atoms with van der Waals surface area (Å²) < 4.78 is 0. The lowest BCUT2D eigenvalue weighted by molar-refractivity contribution is 0.529. The lowest BCUT2D eigenvalue weighted by atomic mass is 10.2. The van der Waals surface area contributed by atoms with Gasteiger partial charge >= 0.3 is 0 Å². The topological polar surface area (TPSA) is 24.1 Å². The van der Waals surface area contributed by atoms with Gasteiger partial charge in [-0.3, -0.25) is 0 Å². The van der Waals surface area contributed by atoms with Crippen molar-refractivity contribution in [2.75, 3.05) is 19.6 Å².